The van der Waals surface area contributed by atoms with Gasteiger partial charge in [0.25, 0.3) is 0 Å². The zero-order valence-electron chi connectivity index (χ0n) is 16.6. The van der Waals surface area contributed by atoms with Gasteiger partial charge in [-0.25, -0.2) is 0 Å². The first-order valence-electron chi connectivity index (χ1n) is 8.54. The van der Waals surface area contributed by atoms with E-state index in [-0.39, 0.29) is 16.8 Å². The monoisotopic (exact) mass is 334 g/mol. The fourth-order valence-corrected chi connectivity index (χ4v) is 3.01. The molecule has 4 nitrogen and oxygen atoms in total. The highest BCUT2D eigenvalue weighted by molar-refractivity contribution is 5.78. The van der Waals surface area contributed by atoms with Crippen LogP contribution in [0.15, 0.2) is 24.3 Å². The standard InChI is InChI=1S/C20H34N2O2/c1-18(2,3)20(7,19(4,5)6)17(23)24-14-13-22(8)16-11-9-15(21)10-12-16/h9-12H,13-14,21H2,1-8H3. The lowest BCUT2D eigenvalue weighted by Crippen LogP contribution is -2.51. The highest BCUT2D eigenvalue weighted by atomic mass is 16.5. The Labute approximate surface area is 147 Å². The Kier molecular flexibility index (Phi) is 5.96. The molecule has 2 N–H and O–H groups in total. The molecule has 0 unspecified atom stereocenters. The molecule has 0 aliphatic heterocycles. The summed E-state index contributed by atoms with van der Waals surface area (Å²) in [6, 6.07) is 7.67. The Morgan fingerprint density at radius 3 is 1.88 bits per heavy atom. The largest absolute Gasteiger partial charge is 0.463 e. The molecule has 4 heteroatoms. The smallest absolute Gasteiger partial charge is 0.312 e. The number of hydrogen-bond donors (Lipinski definition) is 1. The Balaban J connectivity index is 2.72. The molecule has 0 spiro atoms. The molecule has 0 aliphatic rings. The zero-order valence-corrected chi connectivity index (χ0v) is 16.6. The molecule has 0 saturated heterocycles. The van der Waals surface area contributed by atoms with Crippen LogP contribution < -0.4 is 10.6 Å². The summed E-state index contributed by atoms with van der Waals surface area (Å²) >= 11 is 0. The molecule has 1 aromatic carbocycles. The fourth-order valence-electron chi connectivity index (χ4n) is 3.01. The molecule has 0 aromatic heterocycles. The third kappa shape index (κ3) is 4.22. The molecule has 0 radical (unpaired) electrons. The first-order chi connectivity index (χ1) is 10.8. The van der Waals surface area contributed by atoms with Gasteiger partial charge in [-0.15, -0.1) is 0 Å². The SMILES string of the molecule is CN(CCOC(=O)C(C)(C(C)(C)C)C(C)(C)C)c1ccc(N)cc1. The summed E-state index contributed by atoms with van der Waals surface area (Å²) < 4.78 is 5.67. The van der Waals surface area contributed by atoms with Crippen LogP contribution in [0, 0.1) is 16.2 Å². The number of hydrogen-bond acceptors (Lipinski definition) is 4. The van der Waals surface area contributed by atoms with Crippen molar-refractivity contribution in [1.82, 2.24) is 0 Å². The summed E-state index contributed by atoms with van der Waals surface area (Å²) in [5, 5.41) is 0. The number of carbonyl (C=O) groups excluding carboxylic acids is 1. The summed E-state index contributed by atoms with van der Waals surface area (Å²) in [7, 11) is 1.98. The number of carbonyl (C=O) groups is 1. The van der Waals surface area contributed by atoms with Crippen molar-refractivity contribution < 1.29 is 9.53 Å². The van der Waals surface area contributed by atoms with Gasteiger partial charge in [0.05, 0.1) is 12.0 Å². The Hall–Kier alpha value is -1.71. The average Bonchev–Trinajstić information content (AvgIpc) is 2.44. The maximum atomic E-state index is 12.9. The summed E-state index contributed by atoms with van der Waals surface area (Å²) in [4.78, 5) is 14.9. The number of anilines is 2. The lowest BCUT2D eigenvalue weighted by Gasteiger charge is -2.48. The summed E-state index contributed by atoms with van der Waals surface area (Å²) in [6.45, 7) is 15.6. The molecule has 0 saturated carbocycles. The molecule has 24 heavy (non-hydrogen) atoms. The molecular weight excluding hydrogens is 300 g/mol. The van der Waals surface area contributed by atoms with E-state index < -0.39 is 5.41 Å². The molecule has 0 amide bonds. The lowest BCUT2D eigenvalue weighted by atomic mass is 9.55. The van der Waals surface area contributed by atoms with Crippen molar-refractivity contribution in [3.63, 3.8) is 0 Å². The van der Waals surface area contributed by atoms with Crippen LogP contribution in [0.4, 0.5) is 11.4 Å². The number of nitrogens with zero attached hydrogens (tertiary/aromatic N) is 1. The van der Waals surface area contributed by atoms with E-state index >= 15 is 0 Å². The van der Waals surface area contributed by atoms with Crippen LogP contribution in [0.1, 0.15) is 48.5 Å². The van der Waals surface area contributed by atoms with E-state index in [1.54, 1.807) is 0 Å². The molecule has 0 atom stereocenters. The highest BCUT2D eigenvalue weighted by Gasteiger charge is 2.53. The molecular formula is C20H34N2O2. The number of likely N-dealkylation sites (N-methyl/N-ethyl adjacent to an activating group) is 1. The van der Waals surface area contributed by atoms with Crippen LogP contribution in [0.25, 0.3) is 0 Å². The van der Waals surface area contributed by atoms with Crippen molar-refractivity contribution in [2.75, 3.05) is 30.8 Å². The molecule has 0 fully saturated rings. The molecule has 0 aliphatic carbocycles. The quantitative estimate of drug-likeness (QED) is 0.642. The normalized spacial score (nSPS) is 12.8. The van der Waals surface area contributed by atoms with Gasteiger partial charge in [-0.2, -0.15) is 0 Å². The minimum Gasteiger partial charge on any atom is -0.463 e. The predicted molar refractivity (Wildman–Crippen MR) is 102 cm³/mol. The number of benzene rings is 1. The van der Waals surface area contributed by atoms with Gasteiger partial charge in [-0.3, -0.25) is 4.79 Å². The minimum atomic E-state index is -0.570. The average molecular weight is 335 g/mol. The number of nitrogen functional groups attached to an aromatic ring is 1. The minimum absolute atomic E-state index is 0.131. The summed E-state index contributed by atoms with van der Waals surface area (Å²) in [5.74, 6) is -0.131. The van der Waals surface area contributed by atoms with Crippen molar-refractivity contribution in [2.45, 2.75) is 48.5 Å². The second-order valence-electron chi connectivity index (χ2n) is 8.77. The fraction of sp³-hybridized carbons (Fsp3) is 0.650. The maximum absolute atomic E-state index is 12.9. The second-order valence-corrected chi connectivity index (χ2v) is 8.77. The van der Waals surface area contributed by atoms with E-state index in [0.29, 0.717) is 13.2 Å². The summed E-state index contributed by atoms with van der Waals surface area (Å²) in [5.41, 5.74) is 6.55. The third-order valence-corrected chi connectivity index (χ3v) is 5.40. The van der Waals surface area contributed by atoms with Crippen molar-refractivity contribution in [3.05, 3.63) is 24.3 Å². The third-order valence-electron chi connectivity index (χ3n) is 5.40. The van der Waals surface area contributed by atoms with Crippen LogP contribution in [0.3, 0.4) is 0 Å². The maximum Gasteiger partial charge on any atom is 0.312 e. The van der Waals surface area contributed by atoms with Gasteiger partial charge in [-0.1, -0.05) is 41.5 Å². The van der Waals surface area contributed by atoms with Gasteiger partial charge >= 0.3 is 5.97 Å². The number of nitrogens with two attached hydrogens (primary N) is 1. The van der Waals surface area contributed by atoms with Crippen LogP contribution in [0.2, 0.25) is 0 Å². The molecule has 1 rings (SSSR count). The molecule has 0 heterocycles. The summed E-state index contributed by atoms with van der Waals surface area (Å²) in [6.07, 6.45) is 0. The van der Waals surface area contributed by atoms with Crippen molar-refractivity contribution >= 4 is 17.3 Å². The van der Waals surface area contributed by atoms with E-state index in [1.165, 1.54) is 0 Å². The van der Waals surface area contributed by atoms with Crippen LogP contribution in [-0.2, 0) is 9.53 Å². The van der Waals surface area contributed by atoms with Crippen molar-refractivity contribution in [2.24, 2.45) is 16.2 Å². The predicted octanol–water partition coefficient (Wildman–Crippen LogP) is 4.35. The van der Waals surface area contributed by atoms with Gasteiger partial charge in [-0.05, 0) is 42.0 Å². The van der Waals surface area contributed by atoms with E-state index in [1.807, 2.05) is 38.2 Å². The highest BCUT2D eigenvalue weighted by Crippen LogP contribution is 2.52. The Bertz CT molecular complexity index is 536. The number of ether oxygens (including phenoxy) is 1. The first-order valence-corrected chi connectivity index (χ1v) is 8.54. The second kappa shape index (κ2) is 7.04. The van der Waals surface area contributed by atoms with Crippen molar-refractivity contribution in [1.29, 1.82) is 0 Å². The first kappa shape index (κ1) is 20.3. The van der Waals surface area contributed by atoms with Crippen molar-refractivity contribution in [3.8, 4) is 0 Å². The lowest BCUT2D eigenvalue weighted by molar-refractivity contribution is -0.172. The van der Waals surface area contributed by atoms with E-state index in [4.69, 9.17) is 10.5 Å². The zero-order chi connectivity index (χ0) is 18.8. The van der Waals surface area contributed by atoms with Gasteiger partial charge in [0.2, 0.25) is 0 Å². The van der Waals surface area contributed by atoms with Gasteiger partial charge in [0.1, 0.15) is 6.61 Å². The topological polar surface area (TPSA) is 55.6 Å². The van der Waals surface area contributed by atoms with Gasteiger partial charge in [0, 0.05) is 18.4 Å². The van der Waals surface area contributed by atoms with Gasteiger partial charge in [0.15, 0.2) is 0 Å². The van der Waals surface area contributed by atoms with Crippen LogP contribution >= 0.6 is 0 Å². The van der Waals surface area contributed by atoms with Crippen LogP contribution in [-0.4, -0.2) is 26.2 Å². The Morgan fingerprint density at radius 2 is 1.46 bits per heavy atom. The molecule has 0 bridgehead atoms. The van der Waals surface area contributed by atoms with E-state index in [9.17, 15) is 4.79 Å². The Morgan fingerprint density at radius 1 is 1.00 bits per heavy atom. The van der Waals surface area contributed by atoms with Crippen LogP contribution in [0.5, 0.6) is 0 Å². The van der Waals surface area contributed by atoms with E-state index in [2.05, 4.69) is 46.4 Å². The number of esters is 1. The molecule has 1 aromatic rings. The molecule has 136 valence electrons. The van der Waals surface area contributed by atoms with E-state index in [0.717, 1.165) is 11.4 Å². The van der Waals surface area contributed by atoms with Gasteiger partial charge < -0.3 is 15.4 Å². The number of rotatable bonds is 5.